The summed E-state index contributed by atoms with van der Waals surface area (Å²) in [5.74, 6) is 0.230. The van der Waals surface area contributed by atoms with Crippen LogP contribution in [0.1, 0.15) is 34.8 Å². The molecule has 0 bridgehead atoms. The van der Waals surface area contributed by atoms with Gasteiger partial charge >= 0.3 is 0 Å². The Morgan fingerprint density at radius 2 is 1.81 bits per heavy atom. The quantitative estimate of drug-likeness (QED) is 0.445. The Bertz CT molecular complexity index is 1210. The van der Waals surface area contributed by atoms with Crippen molar-refractivity contribution in [1.82, 2.24) is 19.7 Å². The molecule has 1 saturated carbocycles. The van der Waals surface area contributed by atoms with Gasteiger partial charge in [-0.05, 0) is 30.5 Å². The largest absolute Gasteiger partial charge is 0.346 e. The Labute approximate surface area is 180 Å². The van der Waals surface area contributed by atoms with E-state index in [0.717, 1.165) is 34.9 Å². The van der Waals surface area contributed by atoms with Crippen molar-refractivity contribution in [2.24, 2.45) is 5.92 Å². The number of fused-ring (bicyclic) bond motifs is 1. The molecule has 2 aromatic heterocycles. The molecular formula is C25H24N4O2. The second-order valence-corrected chi connectivity index (χ2v) is 8.09. The summed E-state index contributed by atoms with van der Waals surface area (Å²) in [6.07, 6.45) is 7.39. The minimum absolute atomic E-state index is 0.104. The zero-order chi connectivity index (χ0) is 21.2. The zero-order valence-electron chi connectivity index (χ0n) is 17.1. The number of Topliss-reactive ketones (excluding diaryl/α,β-unsaturated/α-hetero) is 1. The summed E-state index contributed by atoms with van der Waals surface area (Å²) < 4.78 is 3.70. The Balaban J connectivity index is 1.38. The van der Waals surface area contributed by atoms with Gasteiger partial charge in [-0.25, -0.2) is 0 Å². The van der Waals surface area contributed by atoms with E-state index in [1.165, 1.54) is 0 Å². The highest BCUT2D eigenvalue weighted by Gasteiger charge is 2.32. The van der Waals surface area contributed by atoms with Crippen molar-refractivity contribution in [1.29, 1.82) is 0 Å². The first kappa shape index (κ1) is 19.3. The van der Waals surface area contributed by atoms with Crippen molar-refractivity contribution in [3.8, 4) is 0 Å². The summed E-state index contributed by atoms with van der Waals surface area (Å²) in [4.78, 5) is 25.8. The smallest absolute Gasteiger partial charge is 0.240 e. The Kier molecular flexibility index (Phi) is 5.12. The minimum Gasteiger partial charge on any atom is -0.346 e. The van der Waals surface area contributed by atoms with Crippen LogP contribution < -0.4 is 5.32 Å². The second kappa shape index (κ2) is 8.22. The van der Waals surface area contributed by atoms with Crippen LogP contribution in [-0.2, 0) is 17.9 Å². The molecule has 1 fully saturated rings. The van der Waals surface area contributed by atoms with Crippen LogP contribution in [-0.4, -0.2) is 26.0 Å². The van der Waals surface area contributed by atoms with E-state index in [4.69, 9.17) is 0 Å². The lowest BCUT2D eigenvalue weighted by Crippen LogP contribution is -2.34. The van der Waals surface area contributed by atoms with Gasteiger partial charge in [0.2, 0.25) is 5.91 Å². The lowest BCUT2D eigenvalue weighted by Gasteiger charge is -2.20. The number of nitrogens with zero attached hydrogens (tertiary/aromatic N) is 3. The standard InChI is InChI=1S/C25H24N4O2/c30-24(27-22(16-29-14-6-13-26-29)18-7-2-1-3-8-18)17-28-15-21(25(31)19-11-12-19)20-9-4-5-10-23(20)28/h1-10,13-15,19,22H,11-12,16-17H2,(H,27,30)/t22-/m0/s1. The number of ketones is 1. The van der Waals surface area contributed by atoms with Crippen LogP contribution >= 0.6 is 0 Å². The third-order valence-corrected chi connectivity index (χ3v) is 5.78. The van der Waals surface area contributed by atoms with Crippen LogP contribution in [0.4, 0.5) is 0 Å². The van der Waals surface area contributed by atoms with Gasteiger partial charge in [0.1, 0.15) is 6.54 Å². The number of aromatic nitrogens is 3. The lowest BCUT2D eigenvalue weighted by molar-refractivity contribution is -0.122. The summed E-state index contributed by atoms with van der Waals surface area (Å²) in [5.41, 5.74) is 2.65. The number of carbonyl (C=O) groups excluding carboxylic acids is 2. The van der Waals surface area contributed by atoms with E-state index in [9.17, 15) is 9.59 Å². The Morgan fingerprint density at radius 1 is 1.03 bits per heavy atom. The van der Waals surface area contributed by atoms with Gasteiger partial charge in [-0.15, -0.1) is 0 Å². The van der Waals surface area contributed by atoms with E-state index >= 15 is 0 Å². The predicted molar refractivity (Wildman–Crippen MR) is 119 cm³/mol. The van der Waals surface area contributed by atoms with E-state index in [0.29, 0.717) is 6.54 Å². The van der Waals surface area contributed by atoms with Crippen LogP contribution in [0.5, 0.6) is 0 Å². The van der Waals surface area contributed by atoms with Crippen LogP contribution in [0.2, 0.25) is 0 Å². The van der Waals surface area contributed by atoms with Gasteiger partial charge in [0.05, 0.1) is 12.6 Å². The number of hydrogen-bond donors (Lipinski definition) is 1. The minimum atomic E-state index is -0.206. The molecule has 0 unspecified atom stereocenters. The van der Waals surface area contributed by atoms with Gasteiger partial charge in [-0.3, -0.25) is 14.3 Å². The summed E-state index contributed by atoms with van der Waals surface area (Å²) in [5, 5.41) is 8.35. The fourth-order valence-corrected chi connectivity index (χ4v) is 4.05. The highest BCUT2D eigenvalue weighted by atomic mass is 16.2. The van der Waals surface area contributed by atoms with E-state index in [2.05, 4.69) is 10.4 Å². The number of benzene rings is 2. The first-order valence-electron chi connectivity index (χ1n) is 10.6. The van der Waals surface area contributed by atoms with Crippen LogP contribution in [0.3, 0.4) is 0 Å². The first-order chi connectivity index (χ1) is 15.2. The van der Waals surface area contributed by atoms with Gasteiger partial charge in [0.25, 0.3) is 0 Å². The van der Waals surface area contributed by atoms with Crippen LogP contribution in [0, 0.1) is 5.92 Å². The first-order valence-corrected chi connectivity index (χ1v) is 10.6. The maximum Gasteiger partial charge on any atom is 0.240 e. The number of para-hydroxylation sites is 1. The Hall–Kier alpha value is -3.67. The van der Waals surface area contributed by atoms with E-state index < -0.39 is 0 Å². The molecule has 0 spiro atoms. The van der Waals surface area contributed by atoms with Crippen molar-refractivity contribution in [2.75, 3.05) is 0 Å². The van der Waals surface area contributed by atoms with E-state index in [-0.39, 0.29) is 30.2 Å². The molecule has 1 aliphatic carbocycles. The van der Waals surface area contributed by atoms with Crippen molar-refractivity contribution in [2.45, 2.75) is 32.0 Å². The van der Waals surface area contributed by atoms with Crippen molar-refractivity contribution >= 4 is 22.6 Å². The molecular weight excluding hydrogens is 388 g/mol. The second-order valence-electron chi connectivity index (χ2n) is 8.09. The molecule has 1 N–H and O–H groups in total. The SMILES string of the molecule is O=C(Cn1cc(C(=O)C2CC2)c2ccccc21)N[C@@H](Cn1cccn1)c1ccccc1. The number of nitrogens with one attached hydrogen (secondary N) is 1. The molecule has 1 aliphatic rings. The molecule has 1 amide bonds. The third kappa shape index (κ3) is 4.14. The van der Waals surface area contributed by atoms with Gasteiger partial charge in [-0.2, -0.15) is 5.10 Å². The number of amides is 1. The fourth-order valence-electron chi connectivity index (χ4n) is 4.05. The molecule has 31 heavy (non-hydrogen) atoms. The van der Waals surface area contributed by atoms with Gasteiger partial charge in [0.15, 0.2) is 5.78 Å². The summed E-state index contributed by atoms with van der Waals surface area (Å²) in [6.45, 7) is 0.696. The third-order valence-electron chi connectivity index (χ3n) is 5.78. The maximum atomic E-state index is 13.0. The summed E-state index contributed by atoms with van der Waals surface area (Å²) in [6, 6.07) is 19.4. The molecule has 0 radical (unpaired) electrons. The highest BCUT2D eigenvalue weighted by molar-refractivity contribution is 6.10. The lowest BCUT2D eigenvalue weighted by atomic mass is 10.1. The van der Waals surface area contributed by atoms with Crippen molar-refractivity contribution in [3.05, 3.63) is 90.4 Å². The molecule has 1 atom stereocenters. The van der Waals surface area contributed by atoms with Crippen molar-refractivity contribution in [3.63, 3.8) is 0 Å². The molecule has 0 saturated heterocycles. The molecule has 2 heterocycles. The van der Waals surface area contributed by atoms with E-state index in [1.54, 1.807) is 6.20 Å². The molecule has 2 aromatic carbocycles. The topological polar surface area (TPSA) is 68.9 Å². The van der Waals surface area contributed by atoms with Crippen LogP contribution in [0.15, 0.2) is 79.3 Å². The van der Waals surface area contributed by atoms with Crippen LogP contribution in [0.25, 0.3) is 10.9 Å². The average molecular weight is 412 g/mol. The molecule has 0 aliphatic heterocycles. The monoisotopic (exact) mass is 412 g/mol. The highest BCUT2D eigenvalue weighted by Crippen LogP contribution is 2.35. The molecule has 6 nitrogen and oxygen atoms in total. The average Bonchev–Trinajstić information content (AvgIpc) is 3.41. The summed E-state index contributed by atoms with van der Waals surface area (Å²) >= 11 is 0. The fraction of sp³-hybridized carbons (Fsp3) is 0.240. The molecule has 6 heteroatoms. The molecule has 4 aromatic rings. The normalized spacial score (nSPS) is 14.5. The molecule has 5 rings (SSSR count). The van der Waals surface area contributed by atoms with Crippen molar-refractivity contribution < 1.29 is 9.59 Å². The number of carbonyl (C=O) groups is 2. The van der Waals surface area contributed by atoms with Gasteiger partial charge in [-0.1, -0.05) is 48.5 Å². The number of rotatable bonds is 8. The molecule has 156 valence electrons. The number of hydrogen-bond acceptors (Lipinski definition) is 3. The predicted octanol–water partition coefficient (Wildman–Crippen LogP) is 3.99. The maximum absolute atomic E-state index is 13.0. The van der Waals surface area contributed by atoms with Gasteiger partial charge in [0, 0.05) is 41.0 Å². The van der Waals surface area contributed by atoms with E-state index in [1.807, 2.05) is 82.3 Å². The Morgan fingerprint density at radius 3 is 2.55 bits per heavy atom. The van der Waals surface area contributed by atoms with Gasteiger partial charge < -0.3 is 9.88 Å². The summed E-state index contributed by atoms with van der Waals surface area (Å²) in [7, 11) is 0. The zero-order valence-corrected chi connectivity index (χ0v) is 17.1.